The first-order chi connectivity index (χ1) is 17.2. The van der Waals surface area contributed by atoms with Crippen LogP contribution in [0.4, 0.5) is 4.39 Å². The Morgan fingerprint density at radius 2 is 2.05 bits per heavy atom. The van der Waals surface area contributed by atoms with Crippen LogP contribution in [-0.2, 0) is 27.5 Å². The topological polar surface area (TPSA) is 123 Å². The molecule has 204 valence electrons. The fourth-order valence-electron chi connectivity index (χ4n) is 5.04. The van der Waals surface area contributed by atoms with Crippen molar-refractivity contribution in [2.75, 3.05) is 18.1 Å². The molecular weight excluding hydrogens is 499 g/mol. The molecule has 0 aromatic carbocycles. The van der Waals surface area contributed by atoms with Crippen molar-refractivity contribution < 1.29 is 27.4 Å². The summed E-state index contributed by atoms with van der Waals surface area (Å²) in [6.07, 6.45) is 3.34. The van der Waals surface area contributed by atoms with E-state index < -0.39 is 32.8 Å². The van der Waals surface area contributed by atoms with Gasteiger partial charge in [-0.15, -0.1) is 0 Å². The van der Waals surface area contributed by atoms with E-state index >= 15 is 0 Å². The van der Waals surface area contributed by atoms with Gasteiger partial charge in [0.1, 0.15) is 9.84 Å². The third-order valence-corrected chi connectivity index (χ3v) is 9.45. The lowest BCUT2D eigenvalue weighted by Crippen LogP contribution is -2.53. The Balaban J connectivity index is 1.67. The summed E-state index contributed by atoms with van der Waals surface area (Å²) in [6, 6.07) is 1.10. The van der Waals surface area contributed by atoms with Gasteiger partial charge in [-0.1, -0.05) is 0 Å². The lowest BCUT2D eigenvalue weighted by molar-refractivity contribution is -0.127. The standard InChI is InChI=1S/C26H37FN4O5S/c1-6-36-22-14-19(20(27)15-28-22)23-18-8-7-17(13-21(18)31(30-23)16(2)25(3,4)33)24(32)29-26(5)9-11-37(34,35)12-10-26/h14-17,33H,6-13H2,1-5H3,(H,29,32)/t16-,17+/m0/s1. The molecule has 2 N–H and O–H groups in total. The van der Waals surface area contributed by atoms with E-state index in [2.05, 4.69) is 10.3 Å². The molecular formula is C26H37FN4O5S. The van der Waals surface area contributed by atoms with Crippen LogP contribution in [0, 0.1) is 11.7 Å². The number of rotatable bonds is 7. The molecule has 0 saturated carbocycles. The normalized spacial score (nSPS) is 21.6. The number of carbonyl (C=O) groups excluding carboxylic acids is 1. The Morgan fingerprint density at radius 3 is 2.68 bits per heavy atom. The van der Waals surface area contributed by atoms with E-state index in [1.165, 1.54) is 6.07 Å². The summed E-state index contributed by atoms with van der Waals surface area (Å²) in [5.74, 6) is -0.550. The predicted molar refractivity (Wildman–Crippen MR) is 138 cm³/mol. The van der Waals surface area contributed by atoms with E-state index in [0.29, 0.717) is 50.3 Å². The second-order valence-electron chi connectivity index (χ2n) is 11.1. The number of amides is 1. The Labute approximate surface area is 217 Å². The number of aromatic nitrogens is 3. The summed E-state index contributed by atoms with van der Waals surface area (Å²) in [6.45, 7) is 9.34. The SMILES string of the molecule is CCOc1cc(-c2nn([C@@H](C)C(C)(C)O)c3c2CC[C@@H](C(=O)NC2(C)CCS(=O)(=O)CC2)C3)c(F)cn1. The average molecular weight is 537 g/mol. The zero-order valence-electron chi connectivity index (χ0n) is 22.2. The number of fused-ring (bicyclic) bond motifs is 1. The smallest absolute Gasteiger partial charge is 0.223 e. The summed E-state index contributed by atoms with van der Waals surface area (Å²) in [5, 5.41) is 18.6. The first-order valence-electron chi connectivity index (χ1n) is 12.9. The Kier molecular flexibility index (Phi) is 7.42. The Morgan fingerprint density at radius 1 is 1.38 bits per heavy atom. The van der Waals surface area contributed by atoms with Crippen LogP contribution in [0.15, 0.2) is 12.3 Å². The molecule has 0 spiro atoms. The van der Waals surface area contributed by atoms with Crippen LogP contribution < -0.4 is 10.1 Å². The van der Waals surface area contributed by atoms with Crippen LogP contribution in [0.2, 0.25) is 0 Å². The van der Waals surface area contributed by atoms with Gasteiger partial charge >= 0.3 is 0 Å². The van der Waals surface area contributed by atoms with Crippen LogP contribution in [0.5, 0.6) is 5.88 Å². The quantitative estimate of drug-likeness (QED) is 0.558. The maximum atomic E-state index is 14.9. The Bertz CT molecular complexity index is 1270. The van der Waals surface area contributed by atoms with Crippen molar-refractivity contribution >= 4 is 15.7 Å². The van der Waals surface area contributed by atoms with Crippen LogP contribution in [0.1, 0.15) is 71.2 Å². The van der Waals surface area contributed by atoms with Gasteiger partial charge in [0, 0.05) is 40.8 Å². The highest BCUT2D eigenvalue weighted by Crippen LogP contribution is 2.38. The number of halogens is 1. The van der Waals surface area contributed by atoms with Crippen molar-refractivity contribution in [3.63, 3.8) is 0 Å². The van der Waals surface area contributed by atoms with Gasteiger partial charge in [0.25, 0.3) is 0 Å². The van der Waals surface area contributed by atoms with Crippen LogP contribution in [-0.4, -0.2) is 63.4 Å². The lowest BCUT2D eigenvalue weighted by atomic mass is 9.83. The maximum Gasteiger partial charge on any atom is 0.223 e. The van der Waals surface area contributed by atoms with Crippen molar-refractivity contribution in [2.45, 2.75) is 83.9 Å². The molecule has 1 saturated heterocycles. The highest BCUT2D eigenvalue weighted by atomic mass is 32.2. The molecule has 2 aromatic heterocycles. The molecule has 1 amide bonds. The predicted octanol–water partition coefficient (Wildman–Crippen LogP) is 3.00. The molecule has 3 heterocycles. The van der Waals surface area contributed by atoms with Crippen molar-refractivity contribution in [2.24, 2.45) is 5.92 Å². The van der Waals surface area contributed by atoms with Gasteiger partial charge in [-0.25, -0.2) is 17.8 Å². The summed E-state index contributed by atoms with van der Waals surface area (Å²) in [7, 11) is -3.05. The molecule has 0 bridgehead atoms. The van der Waals surface area contributed by atoms with Gasteiger partial charge in [0.2, 0.25) is 11.8 Å². The third-order valence-electron chi connectivity index (χ3n) is 7.79. The number of nitrogens with one attached hydrogen (secondary N) is 1. The molecule has 4 rings (SSSR count). The number of sulfone groups is 1. The fraction of sp³-hybridized carbons (Fsp3) is 0.654. The zero-order chi connectivity index (χ0) is 27.2. The molecule has 0 unspecified atom stereocenters. The van der Waals surface area contributed by atoms with Crippen molar-refractivity contribution in [3.8, 4) is 17.1 Å². The summed E-state index contributed by atoms with van der Waals surface area (Å²) < 4.78 is 45.9. The highest BCUT2D eigenvalue weighted by molar-refractivity contribution is 7.91. The molecule has 11 heteroatoms. The number of carbonyl (C=O) groups is 1. The number of hydrogen-bond acceptors (Lipinski definition) is 7. The van der Waals surface area contributed by atoms with E-state index in [9.17, 15) is 22.7 Å². The first-order valence-corrected chi connectivity index (χ1v) is 14.7. The van der Waals surface area contributed by atoms with Crippen LogP contribution in [0.3, 0.4) is 0 Å². The number of pyridine rings is 1. The molecule has 2 aliphatic rings. The minimum atomic E-state index is -3.05. The van der Waals surface area contributed by atoms with Gasteiger partial charge in [0.15, 0.2) is 5.82 Å². The molecule has 1 fully saturated rings. The molecule has 2 aromatic rings. The molecule has 1 aliphatic heterocycles. The monoisotopic (exact) mass is 536 g/mol. The van der Waals surface area contributed by atoms with Gasteiger partial charge in [-0.3, -0.25) is 9.48 Å². The number of hydrogen-bond donors (Lipinski definition) is 2. The average Bonchev–Trinajstić information content (AvgIpc) is 3.20. The van der Waals surface area contributed by atoms with Crippen molar-refractivity contribution in [3.05, 3.63) is 29.3 Å². The number of nitrogens with zero attached hydrogens (tertiary/aromatic N) is 3. The second kappa shape index (κ2) is 9.98. The van der Waals surface area contributed by atoms with Gasteiger partial charge in [0.05, 0.1) is 41.6 Å². The minimum absolute atomic E-state index is 0.0685. The molecule has 1 aliphatic carbocycles. The maximum absolute atomic E-state index is 14.9. The first kappa shape index (κ1) is 27.5. The summed E-state index contributed by atoms with van der Waals surface area (Å²) in [4.78, 5) is 17.3. The Hall–Kier alpha value is -2.53. The van der Waals surface area contributed by atoms with Gasteiger partial charge in [-0.2, -0.15) is 5.10 Å². The van der Waals surface area contributed by atoms with E-state index in [4.69, 9.17) is 9.84 Å². The largest absolute Gasteiger partial charge is 0.478 e. The summed E-state index contributed by atoms with van der Waals surface area (Å²) >= 11 is 0. The van der Waals surface area contributed by atoms with E-state index in [1.54, 1.807) is 18.5 Å². The van der Waals surface area contributed by atoms with Crippen molar-refractivity contribution in [1.82, 2.24) is 20.1 Å². The lowest BCUT2D eigenvalue weighted by Gasteiger charge is -2.36. The summed E-state index contributed by atoms with van der Waals surface area (Å²) in [5.41, 5.74) is 0.708. The fourth-order valence-corrected chi connectivity index (χ4v) is 6.76. The molecule has 2 atom stereocenters. The second-order valence-corrected chi connectivity index (χ2v) is 13.4. The zero-order valence-corrected chi connectivity index (χ0v) is 23.0. The number of ether oxygens (including phenoxy) is 1. The highest BCUT2D eigenvalue weighted by Gasteiger charge is 2.39. The van der Waals surface area contributed by atoms with Crippen LogP contribution in [0.25, 0.3) is 11.3 Å². The van der Waals surface area contributed by atoms with E-state index in [1.807, 2.05) is 20.8 Å². The van der Waals surface area contributed by atoms with Gasteiger partial charge < -0.3 is 15.2 Å². The number of aliphatic hydroxyl groups is 1. The van der Waals surface area contributed by atoms with Gasteiger partial charge in [-0.05, 0) is 60.3 Å². The van der Waals surface area contributed by atoms with Crippen molar-refractivity contribution in [1.29, 1.82) is 0 Å². The molecule has 37 heavy (non-hydrogen) atoms. The van der Waals surface area contributed by atoms with E-state index in [0.717, 1.165) is 17.5 Å². The van der Waals surface area contributed by atoms with Crippen LogP contribution >= 0.6 is 0 Å². The minimum Gasteiger partial charge on any atom is -0.478 e. The van der Waals surface area contributed by atoms with E-state index in [-0.39, 0.29) is 28.9 Å². The third kappa shape index (κ3) is 5.82. The molecule has 9 nitrogen and oxygen atoms in total. The molecule has 0 radical (unpaired) electrons.